The lowest BCUT2D eigenvalue weighted by molar-refractivity contribution is -0.133. The minimum absolute atomic E-state index is 0.0476. The van der Waals surface area contributed by atoms with Gasteiger partial charge in [0.15, 0.2) is 5.16 Å². The molecule has 1 aromatic carbocycles. The molecule has 5 heteroatoms. The Morgan fingerprint density at radius 3 is 2.94 bits per heavy atom. The van der Waals surface area contributed by atoms with Crippen LogP contribution in [0.15, 0.2) is 23.4 Å². The predicted molar refractivity (Wildman–Crippen MR) is 73.1 cm³/mol. The Morgan fingerprint density at radius 1 is 1.50 bits per heavy atom. The van der Waals surface area contributed by atoms with Crippen LogP contribution in [0.4, 0.5) is 0 Å². The molecule has 0 aliphatic rings. The average molecular weight is 264 g/mol. The highest BCUT2D eigenvalue weighted by Crippen LogP contribution is 2.25. The molecular weight excluding hydrogens is 248 g/mol. The van der Waals surface area contributed by atoms with E-state index in [2.05, 4.69) is 28.6 Å². The Kier molecular flexibility index (Phi) is 3.91. The molecule has 0 saturated heterocycles. The third-order valence-corrected chi connectivity index (χ3v) is 3.60. The first-order valence-corrected chi connectivity index (χ1v) is 6.92. The molecule has 0 unspecified atom stereocenters. The Hall–Kier alpha value is -1.49. The molecule has 1 aromatic heterocycles. The zero-order valence-corrected chi connectivity index (χ0v) is 11.3. The van der Waals surface area contributed by atoms with E-state index >= 15 is 0 Å². The summed E-state index contributed by atoms with van der Waals surface area (Å²) in [6.07, 6.45) is 1.000. The molecule has 1 N–H and O–H groups in total. The Labute approximate surface area is 110 Å². The quantitative estimate of drug-likeness (QED) is 0.844. The first-order valence-electron chi connectivity index (χ1n) is 5.93. The SMILES string of the molecule is CCCn1c(SCC(=O)O)nc2cc(C)ccc21. The Balaban J connectivity index is 2.43. The van der Waals surface area contributed by atoms with Crippen LogP contribution in [0, 0.1) is 6.92 Å². The van der Waals surface area contributed by atoms with Crippen LogP contribution >= 0.6 is 11.8 Å². The van der Waals surface area contributed by atoms with E-state index in [4.69, 9.17) is 5.11 Å². The van der Waals surface area contributed by atoms with Gasteiger partial charge in [0.2, 0.25) is 0 Å². The number of imidazole rings is 1. The highest BCUT2D eigenvalue weighted by atomic mass is 32.2. The molecule has 2 rings (SSSR count). The van der Waals surface area contributed by atoms with Crippen LogP contribution in [-0.2, 0) is 11.3 Å². The van der Waals surface area contributed by atoms with Crippen LogP contribution in [0.5, 0.6) is 0 Å². The maximum atomic E-state index is 10.7. The maximum absolute atomic E-state index is 10.7. The topological polar surface area (TPSA) is 55.1 Å². The van der Waals surface area contributed by atoms with E-state index in [0.29, 0.717) is 0 Å². The lowest BCUT2D eigenvalue weighted by atomic mass is 10.2. The number of hydrogen-bond donors (Lipinski definition) is 1. The van der Waals surface area contributed by atoms with E-state index in [-0.39, 0.29) is 5.75 Å². The number of carboxylic acids is 1. The number of aromatic nitrogens is 2. The fraction of sp³-hybridized carbons (Fsp3) is 0.385. The summed E-state index contributed by atoms with van der Waals surface area (Å²) >= 11 is 1.28. The summed E-state index contributed by atoms with van der Waals surface area (Å²) < 4.78 is 2.10. The molecule has 0 atom stereocenters. The van der Waals surface area contributed by atoms with Gasteiger partial charge >= 0.3 is 5.97 Å². The summed E-state index contributed by atoms with van der Waals surface area (Å²) in [6.45, 7) is 5.00. The molecule has 0 saturated carbocycles. The number of fused-ring (bicyclic) bond motifs is 1. The second kappa shape index (κ2) is 5.44. The monoisotopic (exact) mass is 264 g/mol. The van der Waals surface area contributed by atoms with E-state index in [0.717, 1.165) is 29.2 Å². The van der Waals surface area contributed by atoms with Crippen LogP contribution in [-0.4, -0.2) is 26.4 Å². The molecule has 96 valence electrons. The number of carboxylic acid groups (broad SMARTS) is 1. The largest absolute Gasteiger partial charge is 0.481 e. The van der Waals surface area contributed by atoms with Crippen molar-refractivity contribution >= 4 is 28.8 Å². The van der Waals surface area contributed by atoms with Crippen LogP contribution in [0.2, 0.25) is 0 Å². The fourth-order valence-corrected chi connectivity index (χ4v) is 2.65. The molecule has 4 nitrogen and oxygen atoms in total. The second-order valence-electron chi connectivity index (χ2n) is 4.22. The van der Waals surface area contributed by atoms with Gasteiger partial charge in [0.25, 0.3) is 0 Å². The zero-order chi connectivity index (χ0) is 13.1. The molecular formula is C13H16N2O2S. The molecule has 0 aliphatic carbocycles. The van der Waals surface area contributed by atoms with Crippen molar-refractivity contribution in [1.82, 2.24) is 9.55 Å². The number of nitrogens with zero attached hydrogens (tertiary/aromatic N) is 2. The van der Waals surface area contributed by atoms with Gasteiger partial charge in [0.05, 0.1) is 16.8 Å². The van der Waals surface area contributed by atoms with Crippen molar-refractivity contribution in [3.05, 3.63) is 23.8 Å². The zero-order valence-electron chi connectivity index (χ0n) is 10.5. The molecule has 0 fully saturated rings. The van der Waals surface area contributed by atoms with Crippen molar-refractivity contribution < 1.29 is 9.90 Å². The van der Waals surface area contributed by atoms with Gasteiger partial charge in [0.1, 0.15) is 0 Å². The average Bonchev–Trinajstić information content (AvgIpc) is 2.64. The second-order valence-corrected chi connectivity index (χ2v) is 5.16. The van der Waals surface area contributed by atoms with Crippen LogP contribution in [0.25, 0.3) is 11.0 Å². The van der Waals surface area contributed by atoms with Crippen molar-refractivity contribution in [3.63, 3.8) is 0 Å². The van der Waals surface area contributed by atoms with Gasteiger partial charge < -0.3 is 9.67 Å². The minimum Gasteiger partial charge on any atom is -0.481 e. The van der Waals surface area contributed by atoms with Gasteiger partial charge in [-0.05, 0) is 31.0 Å². The van der Waals surface area contributed by atoms with Crippen molar-refractivity contribution in [2.75, 3.05) is 5.75 Å². The number of aryl methyl sites for hydroxylation is 2. The standard InChI is InChI=1S/C13H16N2O2S/c1-3-6-15-11-5-4-9(2)7-10(11)14-13(15)18-8-12(16)17/h4-5,7H,3,6,8H2,1-2H3,(H,16,17). The molecule has 2 aromatic rings. The third-order valence-electron chi connectivity index (χ3n) is 2.64. The van der Waals surface area contributed by atoms with Crippen molar-refractivity contribution in [1.29, 1.82) is 0 Å². The van der Waals surface area contributed by atoms with Gasteiger partial charge in [-0.25, -0.2) is 4.98 Å². The number of benzene rings is 1. The molecule has 0 bridgehead atoms. The highest BCUT2D eigenvalue weighted by molar-refractivity contribution is 7.99. The number of thioether (sulfide) groups is 1. The van der Waals surface area contributed by atoms with Gasteiger partial charge in [-0.3, -0.25) is 4.79 Å². The van der Waals surface area contributed by atoms with Gasteiger partial charge in [-0.1, -0.05) is 24.8 Å². The summed E-state index contributed by atoms with van der Waals surface area (Å²) in [7, 11) is 0. The Bertz CT molecular complexity index is 578. The van der Waals surface area contributed by atoms with Crippen molar-refractivity contribution in [2.24, 2.45) is 0 Å². The highest BCUT2D eigenvalue weighted by Gasteiger charge is 2.12. The predicted octanol–water partition coefficient (Wildman–Crippen LogP) is 2.93. The summed E-state index contributed by atoms with van der Waals surface area (Å²) in [5, 5.41) is 9.55. The molecule has 0 aliphatic heterocycles. The molecule has 0 amide bonds. The van der Waals surface area contributed by atoms with E-state index in [9.17, 15) is 4.79 Å². The Morgan fingerprint density at radius 2 is 2.28 bits per heavy atom. The van der Waals surface area contributed by atoms with Crippen LogP contribution in [0.1, 0.15) is 18.9 Å². The number of hydrogen-bond acceptors (Lipinski definition) is 3. The number of rotatable bonds is 5. The van der Waals surface area contributed by atoms with Gasteiger partial charge in [-0.2, -0.15) is 0 Å². The lowest BCUT2D eigenvalue weighted by Gasteiger charge is -2.06. The molecule has 1 heterocycles. The number of aliphatic carboxylic acids is 1. The molecule has 18 heavy (non-hydrogen) atoms. The first-order chi connectivity index (χ1) is 8.61. The first kappa shape index (κ1) is 13.0. The van der Waals surface area contributed by atoms with E-state index in [1.165, 1.54) is 17.3 Å². The van der Waals surface area contributed by atoms with Crippen molar-refractivity contribution in [3.8, 4) is 0 Å². The normalized spacial score (nSPS) is 11.0. The summed E-state index contributed by atoms with van der Waals surface area (Å²) in [5.74, 6) is -0.766. The molecule has 0 radical (unpaired) electrons. The van der Waals surface area contributed by atoms with E-state index in [1.54, 1.807) is 0 Å². The van der Waals surface area contributed by atoms with Crippen LogP contribution < -0.4 is 0 Å². The van der Waals surface area contributed by atoms with E-state index < -0.39 is 5.97 Å². The fourth-order valence-electron chi connectivity index (χ4n) is 1.89. The van der Waals surface area contributed by atoms with Gasteiger partial charge in [0, 0.05) is 6.54 Å². The smallest absolute Gasteiger partial charge is 0.313 e. The van der Waals surface area contributed by atoms with Gasteiger partial charge in [-0.15, -0.1) is 0 Å². The van der Waals surface area contributed by atoms with E-state index in [1.807, 2.05) is 13.0 Å². The molecule has 0 spiro atoms. The summed E-state index contributed by atoms with van der Waals surface area (Å²) in [5.41, 5.74) is 3.19. The van der Waals surface area contributed by atoms with Crippen molar-refractivity contribution in [2.45, 2.75) is 32.0 Å². The summed E-state index contributed by atoms with van der Waals surface area (Å²) in [6, 6.07) is 6.15. The van der Waals surface area contributed by atoms with Crippen LogP contribution in [0.3, 0.4) is 0 Å². The third kappa shape index (κ3) is 2.67. The number of carbonyl (C=O) groups is 1. The summed E-state index contributed by atoms with van der Waals surface area (Å²) in [4.78, 5) is 15.2. The lowest BCUT2D eigenvalue weighted by Crippen LogP contribution is -2.03. The maximum Gasteiger partial charge on any atom is 0.313 e. The minimum atomic E-state index is -0.814.